The predicted molar refractivity (Wildman–Crippen MR) is 501 cm³/mol. The van der Waals surface area contributed by atoms with Crippen molar-refractivity contribution in [2.24, 2.45) is 82.9 Å². The largest absolute Gasteiger partial charge is 0.460 e. The van der Waals surface area contributed by atoms with Crippen LogP contribution >= 0.6 is 0 Å². The Morgan fingerprint density at radius 1 is 0.478 bits per heavy atom. The fourth-order valence-corrected chi connectivity index (χ4v) is 21.1. The molecule has 0 aromatic carbocycles. The number of ketones is 6. The van der Waals surface area contributed by atoms with Crippen LogP contribution in [0, 0.1) is 82.9 Å². The maximum absolute atomic E-state index is 14.5. The Bertz CT molecular complexity index is 4310. The number of piperidine rings is 2. The van der Waals surface area contributed by atoms with E-state index in [2.05, 4.69) is 15.5 Å². The van der Waals surface area contributed by atoms with Gasteiger partial charge in [0, 0.05) is 128 Å². The summed E-state index contributed by atoms with van der Waals surface area (Å²) in [4.78, 5) is 144. The van der Waals surface area contributed by atoms with Crippen LogP contribution in [0.2, 0.25) is 0 Å². The van der Waals surface area contributed by atoms with E-state index < -0.39 is 162 Å². The summed E-state index contributed by atoms with van der Waals surface area (Å²) in [6.45, 7) is 25.2. The third-order valence-corrected chi connectivity index (χ3v) is 29.9. The zero-order chi connectivity index (χ0) is 98.8. The Labute approximate surface area is 793 Å². The van der Waals surface area contributed by atoms with E-state index in [0.717, 1.165) is 17.6 Å². The van der Waals surface area contributed by atoms with Crippen LogP contribution in [0.5, 0.6) is 0 Å². The van der Waals surface area contributed by atoms with Crippen LogP contribution in [0.4, 0.5) is 0 Å². The predicted octanol–water partition coefficient (Wildman–Crippen LogP) is 11.4. The molecule has 4 bridgehead atoms. The first-order chi connectivity index (χ1) is 63.6. The maximum Gasteiger partial charge on any atom is 0.329 e. The van der Waals surface area contributed by atoms with E-state index in [1.165, 1.54) is 24.0 Å². The SMILES string of the molecule is CO[C@H]1C[C@@H]2CC[C@@H](C)[C@@](O)(O2)C(=O)C(=O)N2CCCCC2C(=O)O[C@H]([C@H](C)CC2CC[C@@H](O)[C@H](CO)C2)CC(=O)[C@H](C)/C=C(\C)[C@@H](O)[C@@H](OC)C(=O)[C@H](C)C[C@H](C)/C=C/C=CC=C1C.CO[C@H]1C[C@@H]2CC[C@@H](C)[C@@](O)(O2)C(=O)C(=O)N2CCCCC2C(=O)O[C@H]([C@H](C)CC2CC[C@H](n3cnnn3)[C@H](CO)C2)CC(=O)[C@H](C)/C=C(\C)[C@@H](O)[C@@H](OC)C(=O)[C@H](C)C[C@H](C)/C=C/C=CC=C1C. The zero-order valence-electron chi connectivity index (χ0n) is 82.6. The number of rotatable bonds is 13. The molecule has 6 aliphatic heterocycles. The molecule has 6 fully saturated rings. The molecule has 7 heterocycles. The Morgan fingerprint density at radius 2 is 0.888 bits per heavy atom. The number of tetrazole rings is 1. The molecule has 4 saturated heterocycles. The van der Waals surface area contributed by atoms with Crippen molar-refractivity contribution < 1.29 is 122 Å². The molecule has 750 valence electrons. The van der Waals surface area contributed by atoms with Crippen LogP contribution in [0.1, 0.15) is 257 Å². The highest BCUT2D eigenvalue weighted by Crippen LogP contribution is 2.44. The van der Waals surface area contributed by atoms with Gasteiger partial charge in [-0.2, -0.15) is 0 Å². The molecule has 30 atom stereocenters. The Kier molecular flexibility index (Phi) is 44.1. The molecule has 134 heavy (non-hydrogen) atoms. The lowest BCUT2D eigenvalue weighted by Crippen LogP contribution is -2.61. The van der Waals surface area contributed by atoms with Gasteiger partial charge >= 0.3 is 11.9 Å². The zero-order valence-corrected chi connectivity index (χ0v) is 82.6. The molecule has 31 nitrogen and oxygen atoms in total. The normalized spacial score (nSPS) is 38.3. The number of amides is 2. The average molecular weight is 1880 g/mol. The number of aliphatic hydroxyl groups excluding tert-OH is 5. The number of cyclic esters (lactones) is 2. The van der Waals surface area contributed by atoms with Crippen LogP contribution in [-0.4, -0.2) is 270 Å². The molecule has 8 aliphatic rings. The highest BCUT2D eigenvalue weighted by Gasteiger charge is 2.56. The number of esters is 2. The lowest BCUT2D eigenvalue weighted by Gasteiger charge is -2.42. The fourth-order valence-electron chi connectivity index (χ4n) is 21.1. The van der Waals surface area contributed by atoms with Gasteiger partial charge < -0.3 is 83.4 Å². The van der Waals surface area contributed by atoms with Crippen molar-refractivity contribution in [2.75, 3.05) is 54.7 Å². The summed E-state index contributed by atoms with van der Waals surface area (Å²) in [5, 5.41) is 89.2. The third kappa shape index (κ3) is 30.0. The van der Waals surface area contributed by atoms with Crippen molar-refractivity contribution in [1.29, 1.82) is 0 Å². The van der Waals surface area contributed by atoms with Gasteiger partial charge in [0.15, 0.2) is 11.6 Å². The van der Waals surface area contributed by atoms with E-state index >= 15 is 0 Å². The average Bonchev–Trinajstić information content (AvgIpc) is 0.814. The van der Waals surface area contributed by atoms with Crippen molar-refractivity contribution in [1.82, 2.24) is 30.0 Å². The number of Topliss-reactive ketones (excluding diaryl/α,β-unsaturated/α-hetero) is 6. The third-order valence-electron chi connectivity index (χ3n) is 29.9. The Morgan fingerprint density at radius 3 is 1.28 bits per heavy atom. The van der Waals surface area contributed by atoms with E-state index in [4.69, 9.17) is 37.9 Å². The summed E-state index contributed by atoms with van der Waals surface area (Å²) in [6.07, 6.45) is 25.0. The molecule has 2 saturated carbocycles. The lowest BCUT2D eigenvalue weighted by atomic mass is 9.74. The number of fused-ring (bicyclic) bond motifs is 6. The highest BCUT2D eigenvalue weighted by molar-refractivity contribution is 6.39. The minimum Gasteiger partial charge on any atom is -0.460 e. The molecule has 2 amide bonds. The van der Waals surface area contributed by atoms with Gasteiger partial charge in [-0.25, -0.2) is 14.3 Å². The molecule has 4 unspecified atom stereocenters. The summed E-state index contributed by atoms with van der Waals surface area (Å²) in [6, 6.07) is -2.39. The summed E-state index contributed by atoms with van der Waals surface area (Å²) in [5.41, 5.74) is 2.51. The first-order valence-corrected chi connectivity index (χ1v) is 49.1. The van der Waals surface area contributed by atoms with Crippen molar-refractivity contribution in [3.63, 3.8) is 0 Å². The van der Waals surface area contributed by atoms with Crippen molar-refractivity contribution in [2.45, 2.75) is 348 Å². The van der Waals surface area contributed by atoms with Gasteiger partial charge in [0.25, 0.3) is 23.4 Å². The second kappa shape index (κ2) is 53.0. The molecule has 2 aliphatic carbocycles. The van der Waals surface area contributed by atoms with Crippen LogP contribution in [0.3, 0.4) is 0 Å². The van der Waals surface area contributed by atoms with Gasteiger partial charge in [0.2, 0.25) is 11.6 Å². The van der Waals surface area contributed by atoms with Gasteiger partial charge in [0.1, 0.15) is 66.6 Å². The lowest BCUT2D eigenvalue weighted by molar-refractivity contribution is -0.265. The monoisotopic (exact) mass is 1880 g/mol. The van der Waals surface area contributed by atoms with Crippen LogP contribution in [0.15, 0.2) is 102 Å². The summed E-state index contributed by atoms with van der Waals surface area (Å²) < 4.78 is 49.4. The van der Waals surface area contributed by atoms with Gasteiger partial charge in [-0.1, -0.05) is 142 Å². The van der Waals surface area contributed by atoms with Gasteiger partial charge in [-0.3, -0.25) is 38.4 Å². The van der Waals surface area contributed by atoms with Crippen molar-refractivity contribution in [3.05, 3.63) is 102 Å². The number of aromatic nitrogens is 4. The summed E-state index contributed by atoms with van der Waals surface area (Å²) in [7, 11) is 5.90. The molecule has 9 rings (SSSR count). The number of carbonyl (C=O) groups excluding carboxylic acids is 10. The van der Waals surface area contributed by atoms with E-state index in [-0.39, 0.29) is 129 Å². The Hall–Kier alpha value is -7.63. The topological polar surface area (TPSA) is 436 Å². The van der Waals surface area contributed by atoms with Crippen molar-refractivity contribution >= 4 is 58.5 Å². The number of nitrogens with zero attached hydrogens (tertiary/aromatic N) is 6. The smallest absolute Gasteiger partial charge is 0.329 e. The molecule has 7 N–H and O–H groups in total. The van der Waals surface area contributed by atoms with E-state index in [9.17, 15) is 83.7 Å². The first kappa shape index (κ1) is 112. The number of methoxy groups -OCH3 is 4. The minimum absolute atomic E-state index is 0.0121. The van der Waals surface area contributed by atoms with Crippen LogP contribution in [-0.2, 0) is 85.8 Å². The standard InChI is InChI=1S/C52H79N5O12.C51H79NO13/c1-31-15-11-10-12-16-32(2)44(66-8)27-40-20-18-37(7)52(65,69-40)49(62)50(63)56-22-14-13-17-42(56)51(64)68-45(34(4)25-38-19-21-41(39(26-38)29-58)57-30-53-54-55-57)28-43(59)33(3)24-36(6)47(61)48(67-9)46(60)35(5)23-31;1-30-15-11-10-12-16-31(2)43(62-8)27-39-20-18-36(7)51(61,65-39)48(58)49(59)52-22-14-13-17-40(52)50(60)64-44(33(4)25-37-19-21-41(54)38(26-37)29-53)28-42(55)32(3)24-35(6)46(57)47(63-9)45(56)34(5)23-30/h10-12,15-16,24,30-31,33-35,37-42,44-45,47-48,58,61,65H,13-14,17-23,25-29H2,1-9H3;10-12,15-16,24,30,32-34,36-41,43-44,46-47,53-54,57,61H,13-14,17-23,25-29H2,1-9H3/b12-10?,15-11+,32-16?,36-24+;12-10?,15-11+,31-16?,35-24+/t31-,33-,34-,35-,37-,38?,39+,40+,41+,42?,44+,45+,47-,48+,52-;30-,32-,33-,34-,36-,37?,38+,39+,40?,41-,43+,44+,46-,47+,51-/m11/s1. The van der Waals surface area contributed by atoms with Crippen LogP contribution in [0.25, 0.3) is 0 Å². The second-order valence-electron chi connectivity index (χ2n) is 40.3. The molecule has 0 radical (unpaired) electrons. The molecule has 1 aromatic heterocycles. The highest BCUT2D eigenvalue weighted by atomic mass is 16.6. The molecular weight excluding hydrogens is 1720 g/mol. The number of hydrogen-bond acceptors (Lipinski definition) is 28. The number of allylic oxidation sites excluding steroid dienone is 12. The maximum atomic E-state index is 14.5. The quantitative estimate of drug-likeness (QED) is 0.0548. The first-order valence-electron chi connectivity index (χ1n) is 49.1. The summed E-state index contributed by atoms with van der Waals surface area (Å²) >= 11 is 0. The fraction of sp³-hybridized carbons (Fsp3) is 0.738. The second-order valence-corrected chi connectivity index (χ2v) is 40.3. The van der Waals surface area contributed by atoms with Crippen molar-refractivity contribution in [3.8, 4) is 0 Å². The molecule has 31 heteroatoms. The minimum atomic E-state index is -2.44. The van der Waals surface area contributed by atoms with Gasteiger partial charge in [0.05, 0.1) is 36.6 Å². The van der Waals surface area contributed by atoms with E-state index in [1.807, 2.05) is 116 Å². The van der Waals surface area contributed by atoms with Gasteiger partial charge in [-0.05, 0) is 224 Å². The van der Waals surface area contributed by atoms with E-state index in [0.29, 0.717) is 133 Å². The summed E-state index contributed by atoms with van der Waals surface area (Å²) in [5.74, 6) is -16.6. The number of ether oxygens (including phenoxy) is 8. The number of carbonyl (C=O) groups is 10. The number of aliphatic hydroxyl groups is 7. The molecule has 1 aromatic rings. The molecular formula is C103H158N6O25. The Balaban J connectivity index is 0.000000330. The van der Waals surface area contributed by atoms with E-state index in [1.54, 1.807) is 78.9 Å². The van der Waals surface area contributed by atoms with Gasteiger partial charge in [-0.15, -0.1) is 5.10 Å². The van der Waals surface area contributed by atoms with Crippen LogP contribution < -0.4 is 0 Å². The number of hydrogen-bond donors (Lipinski definition) is 7. The molecule has 0 spiro atoms.